The Morgan fingerprint density at radius 1 is 0.465 bits per heavy atom. The van der Waals surface area contributed by atoms with Gasteiger partial charge in [-0.05, 0) is 54.6 Å². The van der Waals surface area contributed by atoms with Crippen LogP contribution in [0.5, 0.6) is 0 Å². The monoisotopic (exact) mass is 549 g/mol. The molecule has 0 aliphatic rings. The van der Waals surface area contributed by atoms with Crippen molar-refractivity contribution in [1.82, 2.24) is 19.5 Å². The van der Waals surface area contributed by atoms with Crippen LogP contribution in [0.15, 0.2) is 115 Å². The van der Waals surface area contributed by atoms with Gasteiger partial charge in [0.25, 0.3) is 0 Å². The normalized spacial score (nSPS) is 10.7. The van der Waals surface area contributed by atoms with Crippen molar-refractivity contribution in [3.8, 4) is 58.1 Å². The summed E-state index contributed by atoms with van der Waals surface area (Å²) in [7, 11) is 0. The minimum absolute atomic E-state index is 0.414. The van der Waals surface area contributed by atoms with Crippen molar-refractivity contribution in [3.63, 3.8) is 0 Å². The second-order valence-electron chi connectivity index (χ2n) is 9.90. The number of nitrogens with zero attached hydrogens (tertiary/aromatic N) is 7. The van der Waals surface area contributed by atoms with Crippen LogP contribution in [0.4, 0.5) is 0 Å². The van der Waals surface area contributed by atoms with Crippen LogP contribution in [0.3, 0.4) is 0 Å². The van der Waals surface area contributed by atoms with E-state index < -0.39 is 0 Å². The first-order valence-electron chi connectivity index (χ1n) is 13.5. The summed E-state index contributed by atoms with van der Waals surface area (Å²) in [6, 6.07) is 42.6. The highest BCUT2D eigenvalue weighted by Crippen LogP contribution is 2.37. The number of hydrogen-bond acceptors (Lipinski definition) is 6. The summed E-state index contributed by atoms with van der Waals surface area (Å²) >= 11 is 0. The molecule has 0 saturated carbocycles. The van der Waals surface area contributed by atoms with E-state index in [1.807, 2.05) is 91.0 Å². The molecule has 0 aliphatic carbocycles. The zero-order valence-corrected chi connectivity index (χ0v) is 22.6. The fourth-order valence-corrected chi connectivity index (χ4v) is 5.33. The molecule has 0 saturated heterocycles. The largest absolute Gasteiger partial charge is 0.308 e. The van der Waals surface area contributed by atoms with E-state index in [4.69, 9.17) is 15.0 Å². The first-order valence-corrected chi connectivity index (χ1v) is 13.5. The number of hydrogen-bond donors (Lipinski definition) is 0. The van der Waals surface area contributed by atoms with Gasteiger partial charge in [0.15, 0.2) is 17.5 Å². The van der Waals surface area contributed by atoms with E-state index in [0.717, 1.165) is 38.6 Å². The van der Waals surface area contributed by atoms with Crippen molar-refractivity contribution >= 4 is 21.8 Å². The Hall–Kier alpha value is -6.62. The zero-order chi connectivity index (χ0) is 29.3. The molecule has 0 bridgehead atoms. The standard InChI is InChI=1S/C36H19N7/c37-20-23-11-14-31-28(17-23)29-18-24(21-38)12-15-32(29)43(31)33-16-13-25(22-39)19-30(33)36-41-34(26-7-3-1-4-8-26)40-35(42-36)27-9-5-2-6-10-27/h1-19H. The Morgan fingerprint density at radius 2 is 0.907 bits per heavy atom. The predicted molar refractivity (Wildman–Crippen MR) is 165 cm³/mol. The highest BCUT2D eigenvalue weighted by Gasteiger charge is 2.20. The summed E-state index contributed by atoms with van der Waals surface area (Å²) in [6.07, 6.45) is 0. The van der Waals surface area contributed by atoms with Gasteiger partial charge in [0, 0.05) is 27.5 Å². The van der Waals surface area contributed by atoms with E-state index in [1.165, 1.54) is 0 Å². The third kappa shape index (κ3) is 4.43. The number of aromatic nitrogens is 4. The average Bonchev–Trinajstić information content (AvgIpc) is 3.41. The zero-order valence-electron chi connectivity index (χ0n) is 22.6. The fraction of sp³-hybridized carbons (Fsp3) is 0. The summed E-state index contributed by atoms with van der Waals surface area (Å²) in [6.45, 7) is 0. The molecule has 7 rings (SSSR count). The molecule has 2 aromatic heterocycles. The van der Waals surface area contributed by atoms with Crippen LogP contribution in [0, 0.1) is 34.0 Å². The summed E-state index contributed by atoms with van der Waals surface area (Å²) in [5.41, 5.74) is 6.25. The number of nitriles is 3. The molecule has 198 valence electrons. The second-order valence-corrected chi connectivity index (χ2v) is 9.90. The number of rotatable bonds is 4. The van der Waals surface area contributed by atoms with Gasteiger partial charge in [0.05, 0.1) is 51.6 Å². The molecule has 0 spiro atoms. The summed E-state index contributed by atoms with van der Waals surface area (Å²) < 4.78 is 2.07. The van der Waals surface area contributed by atoms with Crippen LogP contribution in [-0.4, -0.2) is 19.5 Å². The van der Waals surface area contributed by atoms with Gasteiger partial charge in [-0.25, -0.2) is 15.0 Å². The Balaban J connectivity index is 1.56. The van der Waals surface area contributed by atoms with Crippen LogP contribution in [0.1, 0.15) is 16.7 Å². The lowest BCUT2D eigenvalue weighted by Gasteiger charge is -2.15. The van der Waals surface area contributed by atoms with Crippen molar-refractivity contribution in [2.75, 3.05) is 0 Å². The van der Waals surface area contributed by atoms with Crippen LogP contribution < -0.4 is 0 Å². The maximum absolute atomic E-state index is 9.88. The minimum Gasteiger partial charge on any atom is -0.308 e. The Morgan fingerprint density at radius 3 is 1.40 bits per heavy atom. The van der Waals surface area contributed by atoms with Gasteiger partial charge >= 0.3 is 0 Å². The Kier molecular flexibility index (Phi) is 6.14. The van der Waals surface area contributed by atoms with Crippen molar-refractivity contribution in [2.45, 2.75) is 0 Å². The minimum atomic E-state index is 0.414. The van der Waals surface area contributed by atoms with Crippen LogP contribution in [0.2, 0.25) is 0 Å². The number of benzene rings is 5. The van der Waals surface area contributed by atoms with Crippen LogP contribution in [0.25, 0.3) is 61.7 Å². The van der Waals surface area contributed by atoms with Gasteiger partial charge in [0.1, 0.15) is 0 Å². The molecule has 2 heterocycles. The maximum Gasteiger partial charge on any atom is 0.166 e. The lowest BCUT2D eigenvalue weighted by molar-refractivity contribution is 1.06. The van der Waals surface area contributed by atoms with Crippen molar-refractivity contribution in [3.05, 3.63) is 132 Å². The molecule has 5 aromatic carbocycles. The molecule has 0 N–H and O–H groups in total. The molecule has 0 atom stereocenters. The maximum atomic E-state index is 9.88. The molecule has 7 nitrogen and oxygen atoms in total. The van der Waals surface area contributed by atoms with Gasteiger partial charge in [-0.15, -0.1) is 0 Å². The van der Waals surface area contributed by atoms with Crippen molar-refractivity contribution in [1.29, 1.82) is 15.8 Å². The highest BCUT2D eigenvalue weighted by atomic mass is 15.1. The topological polar surface area (TPSA) is 115 Å². The lowest BCUT2D eigenvalue weighted by Crippen LogP contribution is -2.04. The van der Waals surface area contributed by atoms with Gasteiger partial charge in [-0.1, -0.05) is 60.7 Å². The number of fused-ring (bicyclic) bond motifs is 3. The molecule has 7 heteroatoms. The molecular formula is C36H19N7. The summed E-state index contributed by atoms with van der Waals surface area (Å²) in [4.78, 5) is 14.7. The molecule has 0 fully saturated rings. The summed E-state index contributed by atoms with van der Waals surface area (Å²) in [5, 5.41) is 30.8. The van der Waals surface area contributed by atoms with Gasteiger partial charge in [0.2, 0.25) is 0 Å². The van der Waals surface area contributed by atoms with E-state index in [0.29, 0.717) is 39.7 Å². The lowest BCUT2D eigenvalue weighted by atomic mass is 10.1. The van der Waals surface area contributed by atoms with Crippen LogP contribution in [-0.2, 0) is 0 Å². The molecule has 0 unspecified atom stereocenters. The molecular weight excluding hydrogens is 530 g/mol. The van der Waals surface area contributed by atoms with E-state index in [2.05, 4.69) is 22.8 Å². The Labute approximate surface area is 246 Å². The van der Waals surface area contributed by atoms with Crippen LogP contribution >= 0.6 is 0 Å². The fourth-order valence-electron chi connectivity index (χ4n) is 5.33. The molecule has 7 aromatic rings. The SMILES string of the molecule is N#Cc1ccc(-n2c3ccc(C#N)cc3c3cc(C#N)ccc32)c(-c2nc(-c3ccccc3)nc(-c3ccccc3)n2)c1. The molecule has 0 radical (unpaired) electrons. The van der Waals surface area contributed by atoms with Gasteiger partial charge in [-0.2, -0.15) is 15.8 Å². The molecule has 0 amide bonds. The smallest absolute Gasteiger partial charge is 0.166 e. The second kappa shape index (κ2) is 10.4. The Bertz CT molecular complexity index is 2190. The third-order valence-corrected chi connectivity index (χ3v) is 7.33. The van der Waals surface area contributed by atoms with Crippen molar-refractivity contribution < 1.29 is 0 Å². The quantitative estimate of drug-likeness (QED) is 0.223. The van der Waals surface area contributed by atoms with E-state index in [-0.39, 0.29) is 0 Å². The van der Waals surface area contributed by atoms with Gasteiger partial charge < -0.3 is 4.57 Å². The van der Waals surface area contributed by atoms with E-state index in [1.54, 1.807) is 24.3 Å². The summed E-state index contributed by atoms with van der Waals surface area (Å²) in [5.74, 6) is 1.44. The van der Waals surface area contributed by atoms with Crippen molar-refractivity contribution in [2.24, 2.45) is 0 Å². The molecule has 0 aliphatic heterocycles. The first-order chi connectivity index (χ1) is 21.2. The van der Waals surface area contributed by atoms with E-state index >= 15 is 0 Å². The van der Waals surface area contributed by atoms with E-state index in [9.17, 15) is 15.8 Å². The first kappa shape index (κ1) is 25.4. The predicted octanol–water partition coefficient (Wildman–Crippen LogP) is 7.58. The van der Waals surface area contributed by atoms with Gasteiger partial charge in [-0.3, -0.25) is 0 Å². The average molecular weight is 550 g/mol. The molecule has 43 heavy (non-hydrogen) atoms. The third-order valence-electron chi connectivity index (χ3n) is 7.33. The highest BCUT2D eigenvalue weighted by molar-refractivity contribution is 6.10.